The van der Waals surface area contributed by atoms with Crippen LogP contribution in [0.3, 0.4) is 0 Å². The standard InChI is InChI=1S/C8H12O/c1-5-2-7-3-6(5)4-8(7)9/h5-7H,2-4H2,1H3/t5-,6-,7+/m0/s1. The molecular formula is C8H12O. The maximum atomic E-state index is 11.0. The van der Waals surface area contributed by atoms with Crippen LogP contribution in [-0.2, 0) is 4.79 Å². The number of ketones is 1. The van der Waals surface area contributed by atoms with Gasteiger partial charge in [-0.15, -0.1) is 0 Å². The summed E-state index contributed by atoms with van der Waals surface area (Å²) in [6.45, 7) is 2.27. The number of Topliss-reactive ketones (excluding diaryl/α,β-unsaturated/α-hetero) is 1. The lowest BCUT2D eigenvalue weighted by Gasteiger charge is -2.14. The molecule has 2 fully saturated rings. The van der Waals surface area contributed by atoms with E-state index < -0.39 is 0 Å². The number of hydrogen-bond donors (Lipinski definition) is 0. The first kappa shape index (κ1) is 5.45. The molecule has 2 saturated carbocycles. The smallest absolute Gasteiger partial charge is 0.136 e. The number of rotatable bonds is 0. The minimum absolute atomic E-state index is 0.477. The van der Waals surface area contributed by atoms with E-state index in [-0.39, 0.29) is 0 Å². The van der Waals surface area contributed by atoms with Gasteiger partial charge in [0.2, 0.25) is 0 Å². The molecule has 2 bridgehead atoms. The van der Waals surface area contributed by atoms with Gasteiger partial charge < -0.3 is 0 Å². The second kappa shape index (κ2) is 1.59. The van der Waals surface area contributed by atoms with Gasteiger partial charge in [0.1, 0.15) is 5.78 Å². The molecule has 2 aliphatic rings. The predicted octanol–water partition coefficient (Wildman–Crippen LogP) is 1.62. The first-order valence-electron chi connectivity index (χ1n) is 3.80. The summed E-state index contributed by atoms with van der Waals surface area (Å²) in [5.41, 5.74) is 0. The Morgan fingerprint density at radius 3 is 2.56 bits per heavy atom. The van der Waals surface area contributed by atoms with Crippen LogP contribution in [0.2, 0.25) is 0 Å². The quantitative estimate of drug-likeness (QED) is 0.479. The molecule has 0 spiro atoms. The normalized spacial score (nSPS) is 48.6. The monoisotopic (exact) mass is 124 g/mol. The molecule has 0 aromatic carbocycles. The van der Waals surface area contributed by atoms with Gasteiger partial charge >= 0.3 is 0 Å². The van der Waals surface area contributed by atoms with Gasteiger partial charge in [-0.05, 0) is 24.7 Å². The summed E-state index contributed by atoms with van der Waals surface area (Å²) in [5.74, 6) is 2.62. The third-order valence-electron chi connectivity index (χ3n) is 2.97. The van der Waals surface area contributed by atoms with Crippen LogP contribution in [-0.4, -0.2) is 5.78 Å². The largest absolute Gasteiger partial charge is 0.299 e. The van der Waals surface area contributed by atoms with Crippen molar-refractivity contribution < 1.29 is 4.79 Å². The molecule has 0 N–H and O–H groups in total. The third kappa shape index (κ3) is 0.637. The second-order valence-corrected chi connectivity index (χ2v) is 3.58. The van der Waals surface area contributed by atoms with Crippen molar-refractivity contribution >= 4 is 5.78 Å². The van der Waals surface area contributed by atoms with Gasteiger partial charge in [-0.3, -0.25) is 4.79 Å². The number of fused-ring (bicyclic) bond motifs is 2. The van der Waals surface area contributed by atoms with Crippen molar-refractivity contribution in [1.82, 2.24) is 0 Å². The topological polar surface area (TPSA) is 17.1 Å². The fourth-order valence-corrected chi connectivity index (χ4v) is 2.31. The number of hydrogen-bond acceptors (Lipinski definition) is 1. The molecule has 0 saturated heterocycles. The summed E-state index contributed by atoms with van der Waals surface area (Å²) < 4.78 is 0. The average Bonchev–Trinajstić information content (AvgIpc) is 2.24. The molecule has 2 rings (SSSR count). The van der Waals surface area contributed by atoms with Gasteiger partial charge in [0.15, 0.2) is 0 Å². The second-order valence-electron chi connectivity index (χ2n) is 3.58. The van der Waals surface area contributed by atoms with Crippen LogP contribution in [0.5, 0.6) is 0 Å². The first-order chi connectivity index (χ1) is 4.27. The fourth-order valence-electron chi connectivity index (χ4n) is 2.31. The lowest BCUT2D eigenvalue weighted by Crippen LogP contribution is -2.14. The highest BCUT2D eigenvalue weighted by atomic mass is 16.1. The Morgan fingerprint density at radius 1 is 1.44 bits per heavy atom. The van der Waals surface area contributed by atoms with Crippen molar-refractivity contribution in [2.45, 2.75) is 26.2 Å². The van der Waals surface area contributed by atoms with Crippen molar-refractivity contribution in [3.05, 3.63) is 0 Å². The van der Waals surface area contributed by atoms with E-state index in [2.05, 4.69) is 6.92 Å². The molecule has 0 aromatic rings. The highest BCUT2D eigenvalue weighted by Gasteiger charge is 2.42. The molecule has 2 aliphatic carbocycles. The van der Waals surface area contributed by atoms with Crippen molar-refractivity contribution in [1.29, 1.82) is 0 Å². The van der Waals surface area contributed by atoms with Gasteiger partial charge in [-0.25, -0.2) is 0 Å². The molecular weight excluding hydrogens is 112 g/mol. The minimum atomic E-state index is 0.477. The maximum absolute atomic E-state index is 11.0. The van der Waals surface area contributed by atoms with E-state index in [1.807, 2.05) is 0 Å². The molecule has 0 amide bonds. The van der Waals surface area contributed by atoms with Crippen LogP contribution in [0.15, 0.2) is 0 Å². The van der Waals surface area contributed by atoms with Crippen LogP contribution in [0.1, 0.15) is 26.2 Å². The average molecular weight is 124 g/mol. The Balaban J connectivity index is 2.19. The summed E-state index contributed by atoms with van der Waals surface area (Å²) in [4.78, 5) is 11.0. The van der Waals surface area contributed by atoms with Crippen molar-refractivity contribution in [2.75, 3.05) is 0 Å². The fraction of sp³-hybridized carbons (Fsp3) is 0.875. The summed E-state index contributed by atoms with van der Waals surface area (Å²) in [6, 6.07) is 0. The van der Waals surface area contributed by atoms with Gasteiger partial charge in [-0.1, -0.05) is 6.92 Å². The SMILES string of the molecule is C[C@H]1C[C@@H]2C[C@H]1CC2=O. The number of carbonyl (C=O) groups excluding carboxylic acids is 1. The molecule has 0 aliphatic heterocycles. The van der Waals surface area contributed by atoms with E-state index in [0.717, 1.165) is 18.3 Å². The molecule has 50 valence electrons. The van der Waals surface area contributed by atoms with Crippen LogP contribution in [0.4, 0.5) is 0 Å². The molecule has 3 atom stereocenters. The zero-order valence-corrected chi connectivity index (χ0v) is 5.76. The highest BCUT2D eigenvalue weighted by molar-refractivity contribution is 5.84. The van der Waals surface area contributed by atoms with E-state index in [1.165, 1.54) is 12.8 Å². The van der Waals surface area contributed by atoms with E-state index in [9.17, 15) is 4.79 Å². The Morgan fingerprint density at radius 2 is 2.22 bits per heavy atom. The maximum Gasteiger partial charge on any atom is 0.136 e. The summed E-state index contributed by atoms with van der Waals surface area (Å²) >= 11 is 0. The van der Waals surface area contributed by atoms with Crippen LogP contribution in [0, 0.1) is 17.8 Å². The van der Waals surface area contributed by atoms with Gasteiger partial charge in [0.05, 0.1) is 0 Å². The van der Waals surface area contributed by atoms with Crippen LogP contribution in [0.25, 0.3) is 0 Å². The molecule has 9 heavy (non-hydrogen) atoms. The van der Waals surface area contributed by atoms with Crippen molar-refractivity contribution in [3.63, 3.8) is 0 Å². The zero-order chi connectivity index (χ0) is 6.43. The Bertz CT molecular complexity index is 149. The van der Waals surface area contributed by atoms with Gasteiger partial charge in [0.25, 0.3) is 0 Å². The van der Waals surface area contributed by atoms with Crippen molar-refractivity contribution in [2.24, 2.45) is 17.8 Å². The van der Waals surface area contributed by atoms with Crippen LogP contribution < -0.4 is 0 Å². The summed E-state index contributed by atoms with van der Waals surface area (Å²) in [6.07, 6.45) is 3.29. The van der Waals surface area contributed by atoms with Crippen molar-refractivity contribution in [3.8, 4) is 0 Å². The molecule has 0 unspecified atom stereocenters. The van der Waals surface area contributed by atoms with E-state index in [1.54, 1.807) is 0 Å². The minimum Gasteiger partial charge on any atom is -0.299 e. The predicted molar refractivity (Wildman–Crippen MR) is 35.0 cm³/mol. The Labute approximate surface area is 55.4 Å². The van der Waals surface area contributed by atoms with E-state index in [4.69, 9.17) is 0 Å². The van der Waals surface area contributed by atoms with Gasteiger partial charge in [-0.2, -0.15) is 0 Å². The van der Waals surface area contributed by atoms with Crippen LogP contribution >= 0.6 is 0 Å². The summed E-state index contributed by atoms with van der Waals surface area (Å²) in [5, 5.41) is 0. The number of carbonyl (C=O) groups is 1. The molecule has 1 nitrogen and oxygen atoms in total. The molecule has 1 heteroatoms. The lowest BCUT2D eigenvalue weighted by molar-refractivity contribution is -0.122. The highest BCUT2D eigenvalue weighted by Crippen LogP contribution is 2.45. The Kier molecular flexibility index (Phi) is 0.961. The van der Waals surface area contributed by atoms with Gasteiger partial charge in [0, 0.05) is 12.3 Å². The first-order valence-corrected chi connectivity index (χ1v) is 3.80. The van der Waals surface area contributed by atoms with E-state index in [0.29, 0.717) is 11.7 Å². The zero-order valence-electron chi connectivity index (χ0n) is 5.76. The summed E-state index contributed by atoms with van der Waals surface area (Å²) in [7, 11) is 0. The van der Waals surface area contributed by atoms with E-state index >= 15 is 0 Å². The Hall–Kier alpha value is -0.330. The third-order valence-corrected chi connectivity index (χ3v) is 2.97. The molecule has 0 heterocycles. The molecule has 0 radical (unpaired) electrons. The lowest BCUT2D eigenvalue weighted by atomic mass is 9.90. The molecule has 0 aromatic heterocycles.